The molecular formula is C16H26N2O2. The van der Waals surface area contributed by atoms with Crippen LogP contribution in [0.2, 0.25) is 0 Å². The van der Waals surface area contributed by atoms with E-state index in [1.54, 1.807) is 14.2 Å². The first-order valence-corrected chi connectivity index (χ1v) is 7.35. The average molecular weight is 278 g/mol. The molecule has 0 unspecified atom stereocenters. The van der Waals surface area contributed by atoms with Crippen LogP contribution in [0.25, 0.3) is 0 Å². The van der Waals surface area contributed by atoms with Crippen LogP contribution in [0.5, 0.6) is 11.5 Å². The van der Waals surface area contributed by atoms with Crippen LogP contribution >= 0.6 is 0 Å². The number of nitrogens with zero attached hydrogens (tertiary/aromatic N) is 1. The van der Waals surface area contributed by atoms with E-state index in [4.69, 9.17) is 15.2 Å². The normalized spacial score (nSPS) is 21.5. The molecule has 0 aromatic heterocycles. The Bertz CT molecular complexity index is 414. The summed E-state index contributed by atoms with van der Waals surface area (Å²) in [5.41, 5.74) is 7.22. The van der Waals surface area contributed by atoms with E-state index >= 15 is 0 Å². The third kappa shape index (κ3) is 3.44. The van der Waals surface area contributed by atoms with Crippen molar-refractivity contribution in [2.45, 2.75) is 25.8 Å². The summed E-state index contributed by atoms with van der Waals surface area (Å²) in [6, 6.07) is 6.27. The molecule has 1 aliphatic heterocycles. The monoisotopic (exact) mass is 278 g/mol. The molecule has 1 saturated heterocycles. The van der Waals surface area contributed by atoms with E-state index < -0.39 is 0 Å². The summed E-state index contributed by atoms with van der Waals surface area (Å²) >= 11 is 0. The number of benzene rings is 1. The molecule has 0 saturated carbocycles. The zero-order valence-electron chi connectivity index (χ0n) is 12.8. The lowest BCUT2D eigenvalue weighted by Crippen LogP contribution is -2.40. The van der Waals surface area contributed by atoms with E-state index in [-0.39, 0.29) is 6.04 Å². The molecule has 0 spiro atoms. The third-order valence-corrected chi connectivity index (χ3v) is 4.11. The van der Waals surface area contributed by atoms with Gasteiger partial charge in [-0.3, -0.25) is 4.90 Å². The molecule has 0 radical (unpaired) electrons. The lowest BCUT2D eigenvalue weighted by molar-refractivity contribution is 0.133. The van der Waals surface area contributed by atoms with E-state index in [0.717, 1.165) is 30.5 Å². The Morgan fingerprint density at radius 1 is 1.25 bits per heavy atom. The van der Waals surface area contributed by atoms with E-state index in [9.17, 15) is 0 Å². The largest absolute Gasteiger partial charge is 0.497 e. The van der Waals surface area contributed by atoms with E-state index in [1.807, 2.05) is 6.07 Å². The lowest BCUT2D eigenvalue weighted by Gasteiger charge is -2.37. The molecule has 0 aliphatic carbocycles. The molecule has 1 aromatic rings. The number of likely N-dealkylation sites (tertiary alicyclic amines) is 1. The number of piperidine rings is 1. The van der Waals surface area contributed by atoms with Crippen molar-refractivity contribution in [3.05, 3.63) is 23.8 Å². The highest BCUT2D eigenvalue weighted by Crippen LogP contribution is 2.31. The number of ether oxygens (including phenoxy) is 2. The summed E-state index contributed by atoms with van der Waals surface area (Å²) < 4.78 is 10.7. The van der Waals surface area contributed by atoms with Crippen molar-refractivity contribution in [2.24, 2.45) is 11.7 Å². The van der Waals surface area contributed by atoms with E-state index in [2.05, 4.69) is 24.0 Å². The first-order chi connectivity index (χ1) is 9.67. The number of rotatable bonds is 5. The Hall–Kier alpha value is -1.26. The maximum Gasteiger partial charge on any atom is 0.122 e. The molecule has 4 heteroatoms. The first-order valence-electron chi connectivity index (χ1n) is 7.35. The van der Waals surface area contributed by atoms with Gasteiger partial charge in [0.25, 0.3) is 0 Å². The molecule has 20 heavy (non-hydrogen) atoms. The zero-order valence-corrected chi connectivity index (χ0v) is 12.8. The van der Waals surface area contributed by atoms with Gasteiger partial charge in [-0.25, -0.2) is 0 Å². The number of methoxy groups -OCH3 is 2. The quantitative estimate of drug-likeness (QED) is 0.898. The van der Waals surface area contributed by atoms with Gasteiger partial charge in [-0.2, -0.15) is 0 Å². The molecule has 2 atom stereocenters. The molecule has 0 amide bonds. The molecule has 1 heterocycles. The number of hydrogen-bond acceptors (Lipinski definition) is 4. The smallest absolute Gasteiger partial charge is 0.122 e. The predicted octanol–water partition coefficient (Wildman–Crippen LogP) is 2.44. The van der Waals surface area contributed by atoms with Gasteiger partial charge < -0.3 is 15.2 Å². The predicted molar refractivity (Wildman–Crippen MR) is 81.3 cm³/mol. The standard InChI is InChI=1S/C16H26N2O2/c1-12-5-4-6-18(11-12)16(10-17)13-7-14(19-2)9-15(8-13)20-3/h7-9,12,16H,4-6,10-11,17H2,1-3H3/t12-,16+/m0/s1. The zero-order chi connectivity index (χ0) is 14.5. The topological polar surface area (TPSA) is 47.7 Å². The van der Waals surface area contributed by atoms with Crippen molar-refractivity contribution < 1.29 is 9.47 Å². The lowest BCUT2D eigenvalue weighted by atomic mass is 9.96. The van der Waals surface area contributed by atoms with Gasteiger partial charge >= 0.3 is 0 Å². The summed E-state index contributed by atoms with van der Waals surface area (Å²) in [6.07, 6.45) is 2.56. The SMILES string of the molecule is COc1cc(OC)cc([C@@H](CN)N2CCC[C@H](C)C2)c1. The van der Waals surface area contributed by atoms with Crippen LogP contribution in [0, 0.1) is 5.92 Å². The van der Waals surface area contributed by atoms with Gasteiger partial charge in [0.05, 0.1) is 14.2 Å². The second-order valence-electron chi connectivity index (χ2n) is 5.64. The molecule has 1 aromatic carbocycles. The highest BCUT2D eigenvalue weighted by molar-refractivity contribution is 5.40. The Morgan fingerprint density at radius 3 is 2.40 bits per heavy atom. The van der Waals surface area contributed by atoms with Crippen LogP contribution < -0.4 is 15.2 Å². The highest BCUT2D eigenvalue weighted by Gasteiger charge is 2.24. The average Bonchev–Trinajstić information content (AvgIpc) is 2.47. The van der Waals surface area contributed by atoms with E-state index in [1.165, 1.54) is 18.4 Å². The van der Waals surface area contributed by atoms with Gasteiger partial charge in [-0.05, 0) is 43.0 Å². The maximum absolute atomic E-state index is 6.04. The van der Waals surface area contributed by atoms with Crippen molar-refractivity contribution in [3.63, 3.8) is 0 Å². The summed E-state index contributed by atoms with van der Waals surface area (Å²) in [6.45, 7) is 5.15. The maximum atomic E-state index is 6.04. The van der Waals surface area contributed by atoms with Crippen molar-refractivity contribution in [3.8, 4) is 11.5 Å². The third-order valence-electron chi connectivity index (χ3n) is 4.11. The fraction of sp³-hybridized carbons (Fsp3) is 0.625. The second kappa shape index (κ2) is 6.95. The molecule has 2 rings (SSSR count). The summed E-state index contributed by atoms with van der Waals surface area (Å²) in [4.78, 5) is 2.49. The van der Waals surface area contributed by atoms with Gasteiger partial charge in [0.2, 0.25) is 0 Å². The minimum Gasteiger partial charge on any atom is -0.497 e. The van der Waals surface area contributed by atoms with Gasteiger partial charge in [0.15, 0.2) is 0 Å². The van der Waals surface area contributed by atoms with Crippen LogP contribution in [0.3, 0.4) is 0 Å². The van der Waals surface area contributed by atoms with Crippen molar-refractivity contribution in [1.29, 1.82) is 0 Å². The van der Waals surface area contributed by atoms with Gasteiger partial charge in [0.1, 0.15) is 11.5 Å². The number of nitrogens with two attached hydrogens (primary N) is 1. The number of hydrogen-bond donors (Lipinski definition) is 1. The van der Waals surface area contributed by atoms with Gasteiger partial charge in [-0.15, -0.1) is 0 Å². The Morgan fingerprint density at radius 2 is 1.90 bits per heavy atom. The summed E-state index contributed by atoms with van der Waals surface area (Å²) in [5, 5.41) is 0. The van der Waals surface area contributed by atoms with Gasteiger partial charge in [0, 0.05) is 25.2 Å². The molecule has 4 nitrogen and oxygen atoms in total. The van der Waals surface area contributed by atoms with Crippen LogP contribution in [-0.4, -0.2) is 38.8 Å². The fourth-order valence-electron chi connectivity index (χ4n) is 3.03. The highest BCUT2D eigenvalue weighted by atomic mass is 16.5. The fourth-order valence-corrected chi connectivity index (χ4v) is 3.03. The molecular weight excluding hydrogens is 252 g/mol. The summed E-state index contributed by atoms with van der Waals surface area (Å²) in [5.74, 6) is 2.39. The minimum absolute atomic E-state index is 0.238. The van der Waals surface area contributed by atoms with Crippen molar-refractivity contribution in [1.82, 2.24) is 4.90 Å². The Balaban J connectivity index is 2.25. The molecule has 2 N–H and O–H groups in total. The van der Waals surface area contributed by atoms with Crippen molar-refractivity contribution in [2.75, 3.05) is 33.9 Å². The van der Waals surface area contributed by atoms with Crippen LogP contribution in [0.15, 0.2) is 18.2 Å². The van der Waals surface area contributed by atoms with Crippen molar-refractivity contribution >= 4 is 0 Å². The minimum atomic E-state index is 0.238. The van der Waals surface area contributed by atoms with Gasteiger partial charge in [-0.1, -0.05) is 6.92 Å². The van der Waals surface area contributed by atoms with E-state index in [0.29, 0.717) is 6.54 Å². The summed E-state index contributed by atoms with van der Waals surface area (Å²) in [7, 11) is 3.36. The molecule has 1 aliphatic rings. The Kier molecular flexibility index (Phi) is 5.26. The molecule has 0 bridgehead atoms. The van der Waals surface area contributed by atoms with Crippen LogP contribution in [0.1, 0.15) is 31.4 Å². The second-order valence-corrected chi connectivity index (χ2v) is 5.64. The molecule has 112 valence electrons. The molecule has 1 fully saturated rings. The Labute approximate surface area is 121 Å². The van der Waals surface area contributed by atoms with Crippen LogP contribution in [0.4, 0.5) is 0 Å². The first kappa shape index (κ1) is 15.1. The van der Waals surface area contributed by atoms with Crippen LogP contribution in [-0.2, 0) is 0 Å².